The lowest BCUT2D eigenvalue weighted by Gasteiger charge is -2.31. The first-order chi connectivity index (χ1) is 17.4. The number of aryl methyl sites for hydroxylation is 2. The molecule has 0 aliphatic rings. The number of nitrogens with one attached hydrogen (secondary N) is 1. The maximum absolute atomic E-state index is 13.5. The SMILES string of the molecule is CC[C@H](C(=O)NCC(C)C)N(CCc1ccccc1)C(=O)CCCN(c1ccc(C)c(C)c1)S(C)(=O)=O. The van der Waals surface area contributed by atoms with Crippen LogP contribution in [-0.4, -0.2) is 57.1 Å². The monoisotopic (exact) mass is 529 g/mol. The van der Waals surface area contributed by atoms with E-state index in [1.54, 1.807) is 11.0 Å². The minimum absolute atomic E-state index is 0.143. The molecule has 0 heterocycles. The van der Waals surface area contributed by atoms with Crippen LogP contribution in [0.2, 0.25) is 0 Å². The number of amides is 2. The van der Waals surface area contributed by atoms with Gasteiger partial charge in [-0.05, 0) is 67.9 Å². The quantitative estimate of drug-likeness (QED) is 0.391. The van der Waals surface area contributed by atoms with Gasteiger partial charge in [0.05, 0.1) is 11.9 Å². The Labute approximate surface area is 223 Å². The zero-order chi connectivity index (χ0) is 27.6. The Kier molecular flexibility index (Phi) is 11.6. The number of anilines is 1. The summed E-state index contributed by atoms with van der Waals surface area (Å²) in [5, 5.41) is 2.97. The standard InChI is InChI=1S/C29H43N3O4S/c1-7-27(29(34)30-21-22(2)3)31(19-17-25-12-9-8-10-13-25)28(33)14-11-18-32(37(6,35)36)26-16-15-23(4)24(5)20-26/h8-10,12-13,15-16,20,22,27H,7,11,14,17-19,21H2,1-6H3,(H,30,34)/t27-/m1/s1. The molecule has 1 N–H and O–H groups in total. The summed E-state index contributed by atoms with van der Waals surface area (Å²) in [5.41, 5.74) is 3.78. The number of sulfonamides is 1. The Bertz CT molecular complexity index is 1130. The highest BCUT2D eigenvalue weighted by molar-refractivity contribution is 7.92. The van der Waals surface area contributed by atoms with Crippen molar-refractivity contribution < 1.29 is 18.0 Å². The first kappa shape index (κ1) is 30.4. The molecule has 0 saturated heterocycles. The van der Waals surface area contributed by atoms with Crippen molar-refractivity contribution in [3.05, 3.63) is 65.2 Å². The van der Waals surface area contributed by atoms with Crippen LogP contribution in [-0.2, 0) is 26.0 Å². The third-order valence-electron chi connectivity index (χ3n) is 6.49. The molecule has 0 bridgehead atoms. The third kappa shape index (κ3) is 9.50. The van der Waals surface area contributed by atoms with Crippen LogP contribution in [0.4, 0.5) is 5.69 Å². The molecule has 0 unspecified atom stereocenters. The van der Waals surface area contributed by atoms with Gasteiger partial charge >= 0.3 is 0 Å². The maximum Gasteiger partial charge on any atom is 0.242 e. The summed E-state index contributed by atoms with van der Waals surface area (Å²) in [6, 6.07) is 14.9. The molecule has 1 atom stereocenters. The smallest absolute Gasteiger partial charge is 0.242 e. The number of carbonyl (C=O) groups is 2. The first-order valence-electron chi connectivity index (χ1n) is 13.1. The van der Waals surface area contributed by atoms with E-state index in [-0.39, 0.29) is 24.8 Å². The fourth-order valence-electron chi connectivity index (χ4n) is 4.20. The molecule has 2 aromatic carbocycles. The van der Waals surface area contributed by atoms with Gasteiger partial charge < -0.3 is 10.2 Å². The summed E-state index contributed by atoms with van der Waals surface area (Å²) in [5.74, 6) is 0.0174. The van der Waals surface area contributed by atoms with Gasteiger partial charge in [0.1, 0.15) is 6.04 Å². The van der Waals surface area contributed by atoms with Crippen molar-refractivity contribution >= 4 is 27.5 Å². The molecule has 2 amide bonds. The van der Waals surface area contributed by atoms with Crippen LogP contribution in [0.1, 0.15) is 56.7 Å². The number of rotatable bonds is 14. The molecule has 0 aliphatic heterocycles. The van der Waals surface area contributed by atoms with Gasteiger partial charge in [-0.25, -0.2) is 8.42 Å². The number of hydrogen-bond acceptors (Lipinski definition) is 4. The van der Waals surface area contributed by atoms with Crippen LogP contribution in [0, 0.1) is 19.8 Å². The second kappa shape index (κ2) is 14.2. The zero-order valence-electron chi connectivity index (χ0n) is 23.2. The Hall–Kier alpha value is -2.87. The van der Waals surface area contributed by atoms with E-state index in [2.05, 4.69) is 5.32 Å². The molecule has 2 aromatic rings. The van der Waals surface area contributed by atoms with Crippen molar-refractivity contribution in [2.45, 2.75) is 66.3 Å². The van der Waals surface area contributed by atoms with Crippen LogP contribution in [0.5, 0.6) is 0 Å². The van der Waals surface area contributed by atoms with Gasteiger partial charge in [-0.2, -0.15) is 0 Å². The first-order valence-corrected chi connectivity index (χ1v) is 14.9. The Morgan fingerprint density at radius 2 is 1.65 bits per heavy atom. The fourth-order valence-corrected chi connectivity index (χ4v) is 5.16. The predicted octanol–water partition coefficient (Wildman–Crippen LogP) is 4.47. The molecule has 7 nitrogen and oxygen atoms in total. The van der Waals surface area contributed by atoms with Crippen molar-refractivity contribution in [1.82, 2.24) is 10.2 Å². The summed E-state index contributed by atoms with van der Waals surface area (Å²) in [4.78, 5) is 28.1. The summed E-state index contributed by atoms with van der Waals surface area (Å²) < 4.78 is 26.4. The van der Waals surface area contributed by atoms with E-state index in [1.165, 1.54) is 10.6 Å². The van der Waals surface area contributed by atoms with Crippen molar-refractivity contribution in [2.24, 2.45) is 5.92 Å². The Morgan fingerprint density at radius 3 is 2.22 bits per heavy atom. The molecule has 2 rings (SSSR count). The van der Waals surface area contributed by atoms with Crippen LogP contribution >= 0.6 is 0 Å². The molecular formula is C29H43N3O4S. The second-order valence-electron chi connectivity index (χ2n) is 10.1. The van der Waals surface area contributed by atoms with E-state index in [0.29, 0.717) is 44.0 Å². The van der Waals surface area contributed by atoms with Gasteiger partial charge in [-0.3, -0.25) is 13.9 Å². The maximum atomic E-state index is 13.5. The number of benzene rings is 2. The molecule has 0 radical (unpaired) electrons. The van der Waals surface area contributed by atoms with Gasteiger partial charge in [0.15, 0.2) is 0 Å². The molecule has 204 valence electrons. The van der Waals surface area contributed by atoms with E-state index in [1.807, 2.05) is 77.1 Å². The van der Waals surface area contributed by atoms with E-state index >= 15 is 0 Å². The third-order valence-corrected chi connectivity index (χ3v) is 7.68. The highest BCUT2D eigenvalue weighted by Crippen LogP contribution is 2.22. The largest absolute Gasteiger partial charge is 0.354 e. The molecule has 0 aromatic heterocycles. The summed E-state index contributed by atoms with van der Waals surface area (Å²) >= 11 is 0. The topological polar surface area (TPSA) is 86.8 Å². The normalized spacial score (nSPS) is 12.3. The van der Waals surface area contributed by atoms with E-state index in [4.69, 9.17) is 0 Å². The molecule has 0 aliphatic carbocycles. The van der Waals surface area contributed by atoms with Crippen LogP contribution in [0.15, 0.2) is 48.5 Å². The van der Waals surface area contributed by atoms with Crippen LogP contribution in [0.3, 0.4) is 0 Å². The highest BCUT2D eigenvalue weighted by Gasteiger charge is 2.28. The minimum Gasteiger partial charge on any atom is -0.354 e. The minimum atomic E-state index is -3.52. The molecule has 37 heavy (non-hydrogen) atoms. The van der Waals surface area contributed by atoms with E-state index in [0.717, 1.165) is 16.7 Å². The number of hydrogen-bond donors (Lipinski definition) is 1. The molecule has 0 saturated carbocycles. The highest BCUT2D eigenvalue weighted by atomic mass is 32.2. The van der Waals surface area contributed by atoms with Gasteiger partial charge in [0.25, 0.3) is 0 Å². The second-order valence-corrected chi connectivity index (χ2v) is 12.0. The van der Waals surface area contributed by atoms with Gasteiger partial charge in [0.2, 0.25) is 21.8 Å². The molecule has 0 spiro atoms. The molecular weight excluding hydrogens is 486 g/mol. The van der Waals surface area contributed by atoms with E-state index < -0.39 is 16.1 Å². The lowest BCUT2D eigenvalue weighted by Crippen LogP contribution is -2.50. The van der Waals surface area contributed by atoms with Crippen molar-refractivity contribution in [3.8, 4) is 0 Å². The molecule has 0 fully saturated rings. The van der Waals surface area contributed by atoms with Crippen molar-refractivity contribution in [2.75, 3.05) is 30.2 Å². The summed E-state index contributed by atoms with van der Waals surface area (Å²) in [7, 11) is -3.52. The zero-order valence-corrected chi connectivity index (χ0v) is 24.0. The summed E-state index contributed by atoms with van der Waals surface area (Å²) in [6.45, 7) is 11.1. The Morgan fingerprint density at radius 1 is 0.973 bits per heavy atom. The fraction of sp³-hybridized carbons (Fsp3) is 0.517. The van der Waals surface area contributed by atoms with Gasteiger partial charge in [-0.15, -0.1) is 0 Å². The van der Waals surface area contributed by atoms with Crippen LogP contribution < -0.4 is 9.62 Å². The number of carbonyl (C=O) groups excluding carboxylic acids is 2. The van der Waals surface area contributed by atoms with Crippen molar-refractivity contribution in [1.29, 1.82) is 0 Å². The predicted molar refractivity (Wildman–Crippen MR) is 151 cm³/mol. The molecule has 8 heteroatoms. The van der Waals surface area contributed by atoms with E-state index in [9.17, 15) is 18.0 Å². The lowest BCUT2D eigenvalue weighted by molar-refractivity contribution is -0.140. The average molecular weight is 530 g/mol. The van der Waals surface area contributed by atoms with Gasteiger partial charge in [0, 0.05) is 26.1 Å². The average Bonchev–Trinajstić information content (AvgIpc) is 2.84. The van der Waals surface area contributed by atoms with Crippen LogP contribution in [0.25, 0.3) is 0 Å². The lowest BCUT2D eigenvalue weighted by atomic mass is 10.1. The van der Waals surface area contributed by atoms with Gasteiger partial charge in [-0.1, -0.05) is 57.2 Å². The van der Waals surface area contributed by atoms with Crippen molar-refractivity contribution in [3.63, 3.8) is 0 Å². The Balaban J connectivity index is 2.16. The number of nitrogens with zero attached hydrogens (tertiary/aromatic N) is 2. The summed E-state index contributed by atoms with van der Waals surface area (Å²) in [6.07, 6.45) is 2.83.